The highest BCUT2D eigenvalue weighted by Gasteiger charge is 2.40. The van der Waals surface area contributed by atoms with Gasteiger partial charge in [0.1, 0.15) is 5.75 Å². The van der Waals surface area contributed by atoms with Crippen molar-refractivity contribution in [3.63, 3.8) is 0 Å². The van der Waals surface area contributed by atoms with Gasteiger partial charge in [0.25, 0.3) is 0 Å². The molecule has 0 unspecified atom stereocenters. The van der Waals surface area contributed by atoms with Crippen LogP contribution in [0.15, 0.2) is 41.4 Å². The summed E-state index contributed by atoms with van der Waals surface area (Å²) in [5.41, 5.74) is 5.21. The summed E-state index contributed by atoms with van der Waals surface area (Å²) in [6, 6.07) is 12.7. The van der Waals surface area contributed by atoms with E-state index in [-0.39, 0.29) is 11.2 Å². The van der Waals surface area contributed by atoms with Crippen LogP contribution in [0.25, 0.3) is 10.9 Å². The maximum absolute atomic E-state index is 13.6. The van der Waals surface area contributed by atoms with Crippen molar-refractivity contribution in [2.75, 3.05) is 40.0 Å². The molecule has 6 heteroatoms. The van der Waals surface area contributed by atoms with Crippen LogP contribution >= 0.6 is 0 Å². The summed E-state index contributed by atoms with van der Waals surface area (Å²) in [6.45, 7) is 9.24. The molecule has 2 aromatic carbocycles. The molecule has 3 aliphatic rings. The highest BCUT2D eigenvalue weighted by Crippen LogP contribution is 2.44. The molecule has 188 valence electrons. The number of hydrogen-bond donors (Lipinski definition) is 1. The van der Waals surface area contributed by atoms with Gasteiger partial charge in [0, 0.05) is 40.8 Å². The number of ketones is 1. The number of piperidine rings is 1. The molecule has 2 aliphatic heterocycles. The topological polar surface area (TPSA) is 66.9 Å². The van der Waals surface area contributed by atoms with Crippen molar-refractivity contribution >= 4 is 22.9 Å². The van der Waals surface area contributed by atoms with Crippen molar-refractivity contribution in [1.82, 2.24) is 9.88 Å². The number of H-pyrrole nitrogens is 1. The summed E-state index contributed by atoms with van der Waals surface area (Å²) < 4.78 is 11.6. The Labute approximate surface area is 212 Å². The van der Waals surface area contributed by atoms with Gasteiger partial charge < -0.3 is 14.5 Å². The summed E-state index contributed by atoms with van der Waals surface area (Å²) >= 11 is 0. The molecule has 36 heavy (non-hydrogen) atoms. The number of aromatic nitrogens is 1. The second kappa shape index (κ2) is 9.16. The third-order valence-electron chi connectivity index (χ3n) is 8.44. The minimum Gasteiger partial charge on any atom is -0.494 e. The quantitative estimate of drug-likeness (QED) is 0.501. The van der Waals surface area contributed by atoms with E-state index in [1.54, 1.807) is 7.05 Å². The molecule has 3 aromatic rings. The first-order chi connectivity index (χ1) is 17.5. The van der Waals surface area contributed by atoms with Crippen LogP contribution in [0.2, 0.25) is 0 Å². The molecule has 0 amide bonds. The Morgan fingerprint density at radius 1 is 1.17 bits per heavy atom. The number of likely N-dealkylation sites (tertiary alicyclic amines) is 1. The molecular weight excluding hydrogens is 450 g/mol. The van der Waals surface area contributed by atoms with E-state index in [0.717, 1.165) is 70.2 Å². The van der Waals surface area contributed by atoms with E-state index in [9.17, 15) is 4.79 Å². The first kappa shape index (κ1) is 23.4. The van der Waals surface area contributed by atoms with Crippen LogP contribution in [-0.4, -0.2) is 67.9 Å². The van der Waals surface area contributed by atoms with E-state index in [2.05, 4.69) is 40.9 Å². The summed E-state index contributed by atoms with van der Waals surface area (Å²) in [7, 11) is 1.77. The SMILES string of the molecule is CN=Cc1ccc2c3c([nH]c2c1)C(C)(C)c1cc(OCCC2CCN(C4COC4)CC2)ccc1C3=O. The fraction of sp³-hybridized carbons (Fsp3) is 0.467. The van der Waals surface area contributed by atoms with E-state index in [1.165, 1.54) is 25.9 Å². The maximum atomic E-state index is 13.6. The van der Waals surface area contributed by atoms with Gasteiger partial charge >= 0.3 is 0 Å². The first-order valence-corrected chi connectivity index (χ1v) is 13.2. The van der Waals surface area contributed by atoms with E-state index in [4.69, 9.17) is 9.47 Å². The predicted octanol–water partition coefficient (Wildman–Crippen LogP) is 4.97. The smallest absolute Gasteiger partial charge is 0.195 e. The number of aromatic amines is 1. The predicted molar refractivity (Wildman–Crippen MR) is 143 cm³/mol. The zero-order valence-electron chi connectivity index (χ0n) is 21.5. The highest BCUT2D eigenvalue weighted by molar-refractivity contribution is 6.20. The molecule has 1 N–H and O–H groups in total. The van der Waals surface area contributed by atoms with Crippen molar-refractivity contribution in [3.8, 4) is 5.75 Å². The molecule has 0 radical (unpaired) electrons. The van der Waals surface area contributed by atoms with E-state index < -0.39 is 0 Å². The molecule has 0 saturated carbocycles. The number of aliphatic imine (C=N–C) groups is 1. The van der Waals surface area contributed by atoms with Crippen molar-refractivity contribution in [2.24, 2.45) is 10.9 Å². The fourth-order valence-electron chi connectivity index (χ4n) is 6.13. The second-order valence-electron chi connectivity index (χ2n) is 11.0. The number of benzene rings is 2. The molecule has 0 bridgehead atoms. The third kappa shape index (κ3) is 3.97. The Balaban J connectivity index is 1.18. The summed E-state index contributed by atoms with van der Waals surface area (Å²) in [6.07, 6.45) is 5.38. The molecule has 3 heterocycles. The number of nitrogens with zero attached hydrogens (tertiary/aromatic N) is 2. The van der Waals surface area contributed by atoms with Gasteiger partial charge in [0.2, 0.25) is 0 Å². The van der Waals surface area contributed by atoms with Crippen LogP contribution in [0.1, 0.15) is 65.9 Å². The number of carbonyl (C=O) groups is 1. The maximum Gasteiger partial charge on any atom is 0.195 e. The van der Waals surface area contributed by atoms with Gasteiger partial charge in [-0.3, -0.25) is 14.7 Å². The average Bonchev–Trinajstić information content (AvgIpc) is 3.23. The number of ether oxygens (including phenoxy) is 2. The van der Waals surface area contributed by atoms with Crippen LogP contribution < -0.4 is 4.74 Å². The lowest BCUT2D eigenvalue weighted by Crippen LogP contribution is -2.51. The van der Waals surface area contributed by atoms with Crippen LogP contribution in [0.4, 0.5) is 0 Å². The van der Waals surface area contributed by atoms with Gasteiger partial charge in [-0.2, -0.15) is 0 Å². The molecular formula is C30H35N3O3. The lowest BCUT2D eigenvalue weighted by molar-refractivity contribution is -0.0742. The highest BCUT2D eigenvalue weighted by atomic mass is 16.5. The lowest BCUT2D eigenvalue weighted by Gasteiger charge is -2.41. The molecule has 1 aliphatic carbocycles. The average molecular weight is 486 g/mol. The summed E-state index contributed by atoms with van der Waals surface area (Å²) in [5, 5.41) is 0.971. The molecule has 6 nitrogen and oxygen atoms in total. The Morgan fingerprint density at radius 3 is 2.69 bits per heavy atom. The molecule has 0 spiro atoms. The zero-order valence-corrected chi connectivity index (χ0v) is 21.5. The molecule has 6 rings (SSSR count). The Hall–Kier alpha value is -2.96. The Morgan fingerprint density at radius 2 is 1.97 bits per heavy atom. The molecule has 1 aromatic heterocycles. The van der Waals surface area contributed by atoms with Gasteiger partial charge in [0.05, 0.1) is 31.4 Å². The fourth-order valence-corrected chi connectivity index (χ4v) is 6.13. The largest absolute Gasteiger partial charge is 0.494 e. The second-order valence-corrected chi connectivity index (χ2v) is 11.0. The minimum atomic E-state index is -0.339. The molecule has 2 fully saturated rings. The lowest BCUT2D eigenvalue weighted by atomic mass is 9.71. The van der Waals surface area contributed by atoms with E-state index >= 15 is 0 Å². The Bertz CT molecular complexity index is 1330. The normalized spacial score (nSPS) is 20.5. The van der Waals surface area contributed by atoms with Gasteiger partial charge in [-0.1, -0.05) is 26.0 Å². The minimum absolute atomic E-state index is 0.0812. The van der Waals surface area contributed by atoms with E-state index in [1.807, 2.05) is 30.5 Å². The van der Waals surface area contributed by atoms with Gasteiger partial charge in [-0.25, -0.2) is 0 Å². The summed E-state index contributed by atoms with van der Waals surface area (Å²) in [4.78, 5) is 23.9. The van der Waals surface area contributed by atoms with Crippen LogP contribution in [0.5, 0.6) is 5.75 Å². The van der Waals surface area contributed by atoms with Gasteiger partial charge in [0.15, 0.2) is 5.78 Å². The van der Waals surface area contributed by atoms with Crippen molar-refractivity contribution in [1.29, 1.82) is 0 Å². The molecule has 2 saturated heterocycles. The number of hydrogen-bond acceptors (Lipinski definition) is 5. The number of fused-ring (bicyclic) bond motifs is 4. The van der Waals surface area contributed by atoms with Crippen LogP contribution in [0, 0.1) is 5.92 Å². The van der Waals surface area contributed by atoms with E-state index in [0.29, 0.717) is 12.6 Å². The monoisotopic (exact) mass is 485 g/mol. The number of nitrogens with one attached hydrogen (secondary N) is 1. The number of carbonyl (C=O) groups excluding carboxylic acids is 1. The zero-order chi connectivity index (χ0) is 24.9. The van der Waals surface area contributed by atoms with Crippen molar-refractivity contribution in [2.45, 2.75) is 44.6 Å². The van der Waals surface area contributed by atoms with Gasteiger partial charge in [-0.05, 0) is 73.7 Å². The Kier molecular flexibility index (Phi) is 5.97. The first-order valence-electron chi connectivity index (χ1n) is 13.2. The summed E-state index contributed by atoms with van der Waals surface area (Å²) in [5.74, 6) is 1.65. The van der Waals surface area contributed by atoms with Gasteiger partial charge in [-0.15, -0.1) is 0 Å². The third-order valence-corrected chi connectivity index (χ3v) is 8.44. The number of rotatable bonds is 6. The standard InChI is InChI=1S/C30H35N3O3/c1-30(2)25-15-22(36-13-10-19-8-11-33(12-9-19)21-17-35-18-21)5-7-23(25)28(34)27-24-6-4-20(16-31-3)14-26(24)32-29(27)30/h4-7,14-16,19,21,32H,8-13,17-18H2,1-3H3. The van der Waals surface area contributed by atoms with Crippen molar-refractivity contribution in [3.05, 3.63) is 64.3 Å². The molecule has 0 atom stereocenters. The van der Waals surface area contributed by atoms with Crippen LogP contribution in [-0.2, 0) is 10.2 Å². The van der Waals surface area contributed by atoms with Crippen molar-refractivity contribution < 1.29 is 14.3 Å². The van der Waals surface area contributed by atoms with Crippen LogP contribution in [0.3, 0.4) is 0 Å².